The number of carbonyl (C=O) groups is 2. The fourth-order valence-electron chi connectivity index (χ4n) is 2.53. The lowest BCUT2D eigenvalue weighted by Gasteiger charge is -2.46. The number of hydrogen-bond donors (Lipinski definition) is 1. The zero-order valence-corrected chi connectivity index (χ0v) is 11.6. The van der Waals surface area contributed by atoms with E-state index in [4.69, 9.17) is 6.42 Å². The predicted molar refractivity (Wildman–Crippen MR) is 70.7 cm³/mol. The van der Waals surface area contributed by atoms with Crippen LogP contribution in [-0.2, 0) is 9.59 Å². The quantitative estimate of drug-likeness (QED) is 0.765. The van der Waals surface area contributed by atoms with E-state index in [9.17, 15) is 9.59 Å². The van der Waals surface area contributed by atoms with Crippen molar-refractivity contribution in [2.75, 3.05) is 0 Å². The van der Waals surface area contributed by atoms with Crippen LogP contribution in [0.1, 0.15) is 47.0 Å². The van der Waals surface area contributed by atoms with Crippen molar-refractivity contribution in [3.8, 4) is 12.3 Å². The minimum Gasteiger partial charge on any atom is -0.340 e. The molecule has 1 aliphatic heterocycles. The van der Waals surface area contributed by atoms with E-state index in [2.05, 4.69) is 11.2 Å². The van der Waals surface area contributed by atoms with Crippen molar-refractivity contribution in [3.63, 3.8) is 0 Å². The monoisotopic (exact) mass is 250 g/mol. The summed E-state index contributed by atoms with van der Waals surface area (Å²) in [6.45, 7) is 7.49. The standard InChI is InChI=1S/C14H22N2O2/c1-6-10(5)16-11(7-2)12(17)15-14(8-3,9-4)13(16)18/h1,10-11H,7-9H2,2-5H3,(H,15,17). The molecule has 0 aromatic rings. The van der Waals surface area contributed by atoms with Crippen molar-refractivity contribution >= 4 is 11.8 Å². The van der Waals surface area contributed by atoms with E-state index in [1.54, 1.807) is 11.8 Å². The topological polar surface area (TPSA) is 49.4 Å². The van der Waals surface area contributed by atoms with Gasteiger partial charge in [-0.2, -0.15) is 0 Å². The summed E-state index contributed by atoms with van der Waals surface area (Å²) in [5, 5.41) is 2.89. The van der Waals surface area contributed by atoms with E-state index in [-0.39, 0.29) is 17.9 Å². The van der Waals surface area contributed by atoms with Crippen LogP contribution in [0.4, 0.5) is 0 Å². The third-order valence-electron chi connectivity index (χ3n) is 3.90. The molecular weight excluding hydrogens is 228 g/mol. The summed E-state index contributed by atoms with van der Waals surface area (Å²) in [4.78, 5) is 26.4. The highest BCUT2D eigenvalue weighted by Crippen LogP contribution is 2.27. The number of carbonyl (C=O) groups excluding carboxylic acids is 2. The molecule has 100 valence electrons. The van der Waals surface area contributed by atoms with Gasteiger partial charge in [-0.25, -0.2) is 0 Å². The van der Waals surface area contributed by atoms with Crippen LogP contribution < -0.4 is 5.32 Å². The van der Waals surface area contributed by atoms with Gasteiger partial charge >= 0.3 is 0 Å². The lowest BCUT2D eigenvalue weighted by Crippen LogP contribution is -2.71. The maximum absolute atomic E-state index is 12.6. The largest absolute Gasteiger partial charge is 0.340 e. The van der Waals surface area contributed by atoms with Gasteiger partial charge in [0.25, 0.3) is 0 Å². The molecular formula is C14H22N2O2. The van der Waals surface area contributed by atoms with Gasteiger partial charge in [-0.1, -0.05) is 26.7 Å². The Balaban J connectivity index is 3.21. The normalized spacial score (nSPS) is 24.4. The van der Waals surface area contributed by atoms with Crippen LogP contribution in [-0.4, -0.2) is 34.3 Å². The number of nitrogens with zero attached hydrogens (tertiary/aromatic N) is 1. The lowest BCUT2D eigenvalue weighted by atomic mass is 9.86. The summed E-state index contributed by atoms with van der Waals surface area (Å²) in [7, 11) is 0. The van der Waals surface area contributed by atoms with E-state index in [0.717, 1.165) is 0 Å². The number of rotatable bonds is 4. The first-order valence-electron chi connectivity index (χ1n) is 6.58. The van der Waals surface area contributed by atoms with Crippen molar-refractivity contribution in [1.29, 1.82) is 0 Å². The predicted octanol–water partition coefficient (Wildman–Crippen LogP) is 1.30. The molecule has 4 nitrogen and oxygen atoms in total. The van der Waals surface area contributed by atoms with Crippen LogP contribution in [0.5, 0.6) is 0 Å². The van der Waals surface area contributed by atoms with Gasteiger partial charge in [0, 0.05) is 0 Å². The van der Waals surface area contributed by atoms with Crippen LogP contribution in [0.3, 0.4) is 0 Å². The van der Waals surface area contributed by atoms with Crippen LogP contribution >= 0.6 is 0 Å². The smallest absolute Gasteiger partial charge is 0.249 e. The molecule has 0 bridgehead atoms. The first-order chi connectivity index (χ1) is 8.47. The number of amides is 2. The van der Waals surface area contributed by atoms with Crippen molar-refractivity contribution in [1.82, 2.24) is 10.2 Å². The molecule has 1 fully saturated rings. The van der Waals surface area contributed by atoms with Crippen LogP contribution in [0, 0.1) is 12.3 Å². The maximum Gasteiger partial charge on any atom is 0.249 e. The van der Waals surface area contributed by atoms with Crippen molar-refractivity contribution in [3.05, 3.63) is 0 Å². The van der Waals surface area contributed by atoms with E-state index >= 15 is 0 Å². The third kappa shape index (κ3) is 2.10. The Morgan fingerprint density at radius 2 is 1.94 bits per heavy atom. The maximum atomic E-state index is 12.6. The van der Waals surface area contributed by atoms with Gasteiger partial charge in [0.1, 0.15) is 11.6 Å². The Bertz CT molecular complexity index is 380. The highest BCUT2D eigenvalue weighted by molar-refractivity contribution is 6.00. The second kappa shape index (κ2) is 5.43. The molecule has 18 heavy (non-hydrogen) atoms. The molecule has 2 atom stereocenters. The molecule has 2 unspecified atom stereocenters. The second-order valence-corrected chi connectivity index (χ2v) is 4.76. The molecule has 0 aliphatic carbocycles. The molecule has 1 N–H and O–H groups in total. The summed E-state index contributed by atoms with van der Waals surface area (Å²) in [5.41, 5.74) is -0.784. The third-order valence-corrected chi connectivity index (χ3v) is 3.90. The Labute approximate surface area is 109 Å². The Hall–Kier alpha value is -1.50. The summed E-state index contributed by atoms with van der Waals surface area (Å²) in [6, 6.07) is -0.805. The summed E-state index contributed by atoms with van der Waals surface area (Å²) < 4.78 is 0. The Morgan fingerprint density at radius 1 is 1.39 bits per heavy atom. The summed E-state index contributed by atoms with van der Waals surface area (Å²) >= 11 is 0. The van der Waals surface area contributed by atoms with Crippen molar-refractivity contribution in [2.24, 2.45) is 0 Å². The molecule has 1 heterocycles. The molecule has 1 rings (SSSR count). The minimum atomic E-state index is -0.784. The number of nitrogens with one attached hydrogen (secondary N) is 1. The zero-order chi connectivity index (χ0) is 13.9. The second-order valence-electron chi connectivity index (χ2n) is 4.76. The molecule has 0 saturated carbocycles. The van der Waals surface area contributed by atoms with E-state index in [0.29, 0.717) is 19.3 Å². The highest BCUT2D eigenvalue weighted by Gasteiger charge is 2.49. The van der Waals surface area contributed by atoms with Gasteiger partial charge in [0.2, 0.25) is 11.8 Å². The van der Waals surface area contributed by atoms with Gasteiger partial charge in [-0.05, 0) is 26.2 Å². The van der Waals surface area contributed by atoms with Crippen LogP contribution in [0.15, 0.2) is 0 Å². The van der Waals surface area contributed by atoms with Gasteiger partial charge in [0.15, 0.2) is 0 Å². The first kappa shape index (κ1) is 14.6. The fourth-order valence-corrected chi connectivity index (χ4v) is 2.53. The average molecular weight is 250 g/mol. The molecule has 0 spiro atoms. The summed E-state index contributed by atoms with van der Waals surface area (Å²) in [6.07, 6.45) is 7.16. The minimum absolute atomic E-state index is 0.0515. The fraction of sp³-hybridized carbons (Fsp3) is 0.714. The average Bonchev–Trinajstić information content (AvgIpc) is 2.39. The van der Waals surface area contributed by atoms with E-state index in [1.165, 1.54) is 0 Å². The van der Waals surface area contributed by atoms with E-state index in [1.807, 2.05) is 20.8 Å². The molecule has 4 heteroatoms. The van der Waals surface area contributed by atoms with Crippen molar-refractivity contribution in [2.45, 2.75) is 64.6 Å². The van der Waals surface area contributed by atoms with Gasteiger partial charge in [0.05, 0.1) is 6.04 Å². The van der Waals surface area contributed by atoms with Gasteiger partial charge < -0.3 is 10.2 Å². The Morgan fingerprint density at radius 3 is 2.33 bits per heavy atom. The van der Waals surface area contributed by atoms with Crippen molar-refractivity contribution < 1.29 is 9.59 Å². The molecule has 1 saturated heterocycles. The lowest BCUT2D eigenvalue weighted by molar-refractivity contribution is -0.157. The number of hydrogen-bond acceptors (Lipinski definition) is 2. The van der Waals surface area contributed by atoms with Crippen LogP contribution in [0.25, 0.3) is 0 Å². The molecule has 0 radical (unpaired) electrons. The molecule has 1 aliphatic rings. The van der Waals surface area contributed by atoms with Gasteiger partial charge in [-0.3, -0.25) is 9.59 Å². The number of piperazine rings is 1. The SMILES string of the molecule is C#CC(C)N1C(=O)C(CC)(CC)NC(=O)C1CC. The van der Waals surface area contributed by atoms with E-state index < -0.39 is 11.6 Å². The molecule has 2 amide bonds. The number of terminal acetylenes is 1. The zero-order valence-electron chi connectivity index (χ0n) is 11.6. The molecule has 0 aromatic heterocycles. The first-order valence-corrected chi connectivity index (χ1v) is 6.58. The Kier molecular flexibility index (Phi) is 4.39. The highest BCUT2D eigenvalue weighted by atomic mass is 16.2. The summed E-state index contributed by atoms with van der Waals surface area (Å²) in [5.74, 6) is 2.41. The molecule has 0 aromatic carbocycles. The van der Waals surface area contributed by atoms with Crippen LogP contribution in [0.2, 0.25) is 0 Å². The van der Waals surface area contributed by atoms with Gasteiger partial charge in [-0.15, -0.1) is 6.42 Å².